The second-order valence-corrected chi connectivity index (χ2v) is 6.72. The van der Waals surface area contributed by atoms with Gasteiger partial charge in [0.05, 0.1) is 5.92 Å². The van der Waals surface area contributed by atoms with Crippen LogP contribution in [0.5, 0.6) is 0 Å². The molecule has 0 aromatic heterocycles. The largest absolute Gasteiger partial charge is 0.457 e. The van der Waals surface area contributed by atoms with Crippen molar-refractivity contribution < 1.29 is 14.3 Å². The van der Waals surface area contributed by atoms with E-state index in [-0.39, 0.29) is 24.3 Å². The van der Waals surface area contributed by atoms with Gasteiger partial charge in [0.2, 0.25) is 0 Å². The van der Waals surface area contributed by atoms with Crippen LogP contribution in [0.4, 0.5) is 0 Å². The van der Waals surface area contributed by atoms with Crippen LogP contribution in [0.25, 0.3) is 11.1 Å². The fourth-order valence-corrected chi connectivity index (χ4v) is 3.80. The molecule has 4 rings (SSSR count). The smallest absolute Gasteiger partial charge is 0.309 e. The fraction of sp³-hybridized carbons (Fsp3) is 0.333. The van der Waals surface area contributed by atoms with E-state index in [4.69, 9.17) is 4.74 Å². The minimum absolute atomic E-state index is 0.00954. The lowest BCUT2D eigenvalue weighted by atomic mass is 10.0. The Balaban J connectivity index is 1.47. The molecule has 1 saturated carbocycles. The standard InChI is InChI=1S/C21H20O3/c22-20(13-24-21(23)14-5-1-2-6-14)17-10-9-16-11-15-7-3-4-8-18(15)19(16)12-17/h3-4,7-10,12,14H,1-2,5-6,11,13H2. The third-order valence-corrected chi connectivity index (χ3v) is 5.15. The van der Waals surface area contributed by atoms with Gasteiger partial charge in [-0.2, -0.15) is 0 Å². The van der Waals surface area contributed by atoms with E-state index < -0.39 is 0 Å². The summed E-state index contributed by atoms with van der Waals surface area (Å²) >= 11 is 0. The molecule has 0 spiro atoms. The molecular formula is C21H20O3. The first-order chi connectivity index (χ1) is 11.7. The highest BCUT2D eigenvalue weighted by Gasteiger charge is 2.25. The highest BCUT2D eigenvalue weighted by molar-refractivity contribution is 5.99. The van der Waals surface area contributed by atoms with E-state index in [9.17, 15) is 9.59 Å². The van der Waals surface area contributed by atoms with Crippen LogP contribution in [0.3, 0.4) is 0 Å². The number of Topliss-reactive ketones (excluding diaryl/α,β-unsaturated/α-hetero) is 1. The molecule has 0 atom stereocenters. The average molecular weight is 320 g/mol. The van der Waals surface area contributed by atoms with Gasteiger partial charge in [0, 0.05) is 5.56 Å². The Kier molecular flexibility index (Phi) is 3.93. The highest BCUT2D eigenvalue weighted by atomic mass is 16.5. The van der Waals surface area contributed by atoms with Gasteiger partial charge in [-0.05, 0) is 47.6 Å². The molecule has 3 heteroatoms. The monoisotopic (exact) mass is 320 g/mol. The van der Waals surface area contributed by atoms with Crippen LogP contribution < -0.4 is 0 Å². The third kappa shape index (κ3) is 2.75. The van der Waals surface area contributed by atoms with E-state index in [1.807, 2.05) is 30.3 Å². The van der Waals surface area contributed by atoms with Gasteiger partial charge in [-0.1, -0.05) is 49.2 Å². The Bertz CT molecular complexity index is 800. The fourth-order valence-electron chi connectivity index (χ4n) is 3.80. The molecule has 0 saturated heterocycles. The Morgan fingerprint density at radius 1 is 0.958 bits per heavy atom. The first kappa shape index (κ1) is 15.1. The maximum Gasteiger partial charge on any atom is 0.309 e. The minimum Gasteiger partial charge on any atom is -0.457 e. The quantitative estimate of drug-likeness (QED) is 0.535. The van der Waals surface area contributed by atoms with Crippen LogP contribution in [0.2, 0.25) is 0 Å². The SMILES string of the molecule is O=C(COC(=O)C1CCCC1)c1ccc2c(c1)-c1ccccc1C2. The van der Waals surface area contributed by atoms with E-state index >= 15 is 0 Å². The van der Waals surface area contributed by atoms with Crippen molar-refractivity contribution in [1.29, 1.82) is 0 Å². The lowest BCUT2D eigenvalue weighted by molar-refractivity contribution is -0.147. The Hall–Kier alpha value is -2.42. The van der Waals surface area contributed by atoms with Crippen molar-refractivity contribution in [2.45, 2.75) is 32.1 Å². The molecule has 0 aliphatic heterocycles. The van der Waals surface area contributed by atoms with E-state index in [0.29, 0.717) is 5.56 Å². The summed E-state index contributed by atoms with van der Waals surface area (Å²) in [5.74, 6) is -0.356. The zero-order valence-corrected chi connectivity index (χ0v) is 13.6. The molecule has 24 heavy (non-hydrogen) atoms. The van der Waals surface area contributed by atoms with Gasteiger partial charge in [-0.3, -0.25) is 9.59 Å². The van der Waals surface area contributed by atoms with E-state index in [1.165, 1.54) is 16.7 Å². The molecule has 2 aromatic rings. The summed E-state index contributed by atoms with van der Waals surface area (Å²) in [5.41, 5.74) is 5.48. The van der Waals surface area contributed by atoms with Gasteiger partial charge >= 0.3 is 5.97 Å². The Morgan fingerprint density at radius 3 is 2.54 bits per heavy atom. The molecule has 0 bridgehead atoms. The lowest BCUT2D eigenvalue weighted by Gasteiger charge is -2.10. The van der Waals surface area contributed by atoms with E-state index in [0.717, 1.165) is 37.7 Å². The van der Waals surface area contributed by atoms with Gasteiger partial charge < -0.3 is 4.74 Å². The molecule has 0 unspecified atom stereocenters. The summed E-state index contributed by atoms with van der Waals surface area (Å²) in [4.78, 5) is 24.4. The van der Waals surface area contributed by atoms with Gasteiger partial charge in [-0.15, -0.1) is 0 Å². The molecule has 2 aliphatic rings. The number of esters is 1. The lowest BCUT2D eigenvalue weighted by Crippen LogP contribution is -2.19. The van der Waals surface area contributed by atoms with Crippen molar-refractivity contribution in [1.82, 2.24) is 0 Å². The van der Waals surface area contributed by atoms with Crippen molar-refractivity contribution in [3.63, 3.8) is 0 Å². The number of ether oxygens (including phenoxy) is 1. The zero-order chi connectivity index (χ0) is 16.5. The predicted octanol–water partition coefficient (Wildman–Crippen LogP) is 4.17. The van der Waals surface area contributed by atoms with Crippen molar-refractivity contribution in [2.75, 3.05) is 6.61 Å². The number of hydrogen-bond donors (Lipinski definition) is 0. The molecule has 0 heterocycles. The van der Waals surface area contributed by atoms with Crippen LogP contribution in [0.15, 0.2) is 42.5 Å². The summed E-state index contributed by atoms with van der Waals surface area (Å²) in [6.07, 6.45) is 4.86. The number of rotatable bonds is 4. The van der Waals surface area contributed by atoms with Gasteiger partial charge in [-0.25, -0.2) is 0 Å². The summed E-state index contributed by atoms with van der Waals surface area (Å²) < 4.78 is 5.24. The second-order valence-electron chi connectivity index (χ2n) is 6.72. The maximum atomic E-state index is 12.4. The third-order valence-electron chi connectivity index (χ3n) is 5.15. The first-order valence-electron chi connectivity index (χ1n) is 8.63. The second kappa shape index (κ2) is 6.23. The Labute approximate surface area is 141 Å². The number of carbonyl (C=O) groups is 2. The normalized spacial score (nSPS) is 15.8. The van der Waals surface area contributed by atoms with Crippen LogP contribution >= 0.6 is 0 Å². The van der Waals surface area contributed by atoms with Crippen molar-refractivity contribution in [3.8, 4) is 11.1 Å². The number of carbonyl (C=O) groups excluding carboxylic acids is 2. The summed E-state index contributed by atoms with van der Waals surface area (Å²) in [5, 5.41) is 0. The van der Waals surface area contributed by atoms with Crippen LogP contribution in [0, 0.1) is 5.92 Å². The average Bonchev–Trinajstić information content (AvgIpc) is 3.26. The van der Waals surface area contributed by atoms with E-state index in [1.54, 1.807) is 0 Å². The minimum atomic E-state index is -0.215. The molecule has 2 aromatic carbocycles. The molecule has 0 amide bonds. The number of benzene rings is 2. The molecule has 0 radical (unpaired) electrons. The number of ketones is 1. The maximum absolute atomic E-state index is 12.4. The van der Waals surface area contributed by atoms with Gasteiger partial charge in [0.1, 0.15) is 0 Å². The van der Waals surface area contributed by atoms with Gasteiger partial charge in [0.25, 0.3) is 0 Å². The molecule has 2 aliphatic carbocycles. The van der Waals surface area contributed by atoms with Crippen LogP contribution in [0.1, 0.15) is 47.2 Å². The number of hydrogen-bond acceptors (Lipinski definition) is 3. The number of fused-ring (bicyclic) bond motifs is 3. The topological polar surface area (TPSA) is 43.4 Å². The van der Waals surface area contributed by atoms with Crippen LogP contribution in [-0.2, 0) is 16.0 Å². The molecule has 0 N–H and O–H groups in total. The van der Waals surface area contributed by atoms with Crippen molar-refractivity contribution in [2.24, 2.45) is 5.92 Å². The molecule has 1 fully saturated rings. The molecule has 122 valence electrons. The highest BCUT2D eigenvalue weighted by Crippen LogP contribution is 2.36. The first-order valence-corrected chi connectivity index (χ1v) is 8.63. The summed E-state index contributed by atoms with van der Waals surface area (Å²) in [6, 6.07) is 14.1. The molecule has 3 nitrogen and oxygen atoms in total. The van der Waals surface area contributed by atoms with E-state index in [2.05, 4.69) is 12.1 Å². The van der Waals surface area contributed by atoms with Gasteiger partial charge in [0.15, 0.2) is 12.4 Å². The Morgan fingerprint density at radius 2 is 1.71 bits per heavy atom. The molecular weight excluding hydrogens is 300 g/mol. The zero-order valence-electron chi connectivity index (χ0n) is 13.6. The predicted molar refractivity (Wildman–Crippen MR) is 91.9 cm³/mol. The summed E-state index contributed by atoms with van der Waals surface area (Å²) in [7, 11) is 0. The van der Waals surface area contributed by atoms with Crippen LogP contribution in [-0.4, -0.2) is 18.4 Å². The van der Waals surface area contributed by atoms with Crippen molar-refractivity contribution in [3.05, 3.63) is 59.2 Å². The summed E-state index contributed by atoms with van der Waals surface area (Å²) in [6.45, 7) is -0.157. The van der Waals surface area contributed by atoms with Crippen molar-refractivity contribution >= 4 is 11.8 Å².